The fraction of sp³-hybridized carbons (Fsp3) is 0.00917. The number of nitrogens with zero attached hydrogens (tertiary/aromatic N) is 2. The number of furan rings is 3. The molecule has 21 aromatic rings. The summed E-state index contributed by atoms with van der Waals surface area (Å²) in [5, 5.41) is 6.59. The van der Waals surface area contributed by atoms with Crippen molar-refractivity contribution in [3.8, 4) is 89.0 Å². The average Bonchev–Trinajstić information content (AvgIpc) is 1.53. The highest BCUT2D eigenvalue weighted by Gasteiger charge is 2.46. The van der Waals surface area contributed by atoms with Gasteiger partial charge in [0, 0.05) is 83.1 Å². The lowest BCUT2D eigenvalue weighted by Crippen LogP contribution is -2.28. The van der Waals surface area contributed by atoms with E-state index >= 15 is 0 Å². The first-order valence-electron chi connectivity index (χ1n) is 39.0. The van der Waals surface area contributed by atoms with Gasteiger partial charge in [-0.3, -0.25) is 0 Å². The van der Waals surface area contributed by atoms with Crippen LogP contribution in [0.4, 0.5) is 34.1 Å². The van der Waals surface area contributed by atoms with E-state index in [1.165, 1.54) is 33.4 Å². The topological polar surface area (TPSA) is 45.9 Å². The Kier molecular flexibility index (Phi) is 15.8. The van der Waals surface area contributed by atoms with E-state index in [0.29, 0.717) is 0 Å². The van der Waals surface area contributed by atoms with Gasteiger partial charge < -0.3 is 23.1 Å². The largest absolute Gasteiger partial charge is 0.455 e. The molecule has 0 spiro atoms. The smallest absolute Gasteiger partial charge is 0.143 e. The first-order chi connectivity index (χ1) is 56.5. The van der Waals surface area contributed by atoms with E-state index in [-0.39, 0.29) is 0 Å². The second-order valence-corrected chi connectivity index (χ2v) is 29.7. The molecule has 0 N–H and O–H groups in total. The Balaban J connectivity index is 0.600. The summed E-state index contributed by atoms with van der Waals surface area (Å²) in [6.45, 7) is 0. The van der Waals surface area contributed by atoms with Gasteiger partial charge in [-0.15, -0.1) is 0 Å². The zero-order valence-electron chi connectivity index (χ0n) is 62.0. The standard InChI is InChI=1S/C109H70N2O3/c1-5-24-71(25-6-1)78-67-79(72-48-56-84(57-49-72)110(85-58-50-73(51-59-85)90-38-20-41-97-95-35-14-17-45-102(95)112-106(90)97)86-60-52-74(53-61-86)91-39-21-42-98-96-36-15-18-46-103(96)113-107(91)98)69-80(68-78)76-26-19-27-77(66-76)89-37-23-47-104-105(89)99-43-22-40-92(108(99)114-104)75-54-62-87(63-55-75)111(83-32-11-4-12-33-83)88-64-65-94-93-34-13-16-44-100(93)109(101(94)70-88,81-28-7-2-8-29-81)82-30-9-3-10-31-82/h1-70H. The molecule has 0 amide bonds. The number of benzene rings is 18. The second kappa shape index (κ2) is 27.2. The summed E-state index contributed by atoms with van der Waals surface area (Å²) in [5.74, 6) is 0. The van der Waals surface area contributed by atoms with Crippen molar-refractivity contribution in [3.63, 3.8) is 0 Å². The van der Waals surface area contributed by atoms with Gasteiger partial charge in [0.15, 0.2) is 0 Å². The Morgan fingerprint density at radius 3 is 1.06 bits per heavy atom. The normalized spacial score (nSPS) is 12.3. The Hall–Kier alpha value is -15.0. The molecule has 114 heavy (non-hydrogen) atoms. The molecule has 0 bridgehead atoms. The number of hydrogen-bond donors (Lipinski definition) is 0. The number of fused-ring (bicyclic) bond motifs is 12. The third kappa shape index (κ3) is 11.0. The van der Waals surface area contributed by atoms with Crippen molar-refractivity contribution in [1.82, 2.24) is 0 Å². The van der Waals surface area contributed by atoms with E-state index in [1.54, 1.807) is 0 Å². The molecule has 5 nitrogen and oxygen atoms in total. The Morgan fingerprint density at radius 1 is 0.175 bits per heavy atom. The molecular formula is C109H70N2O3. The van der Waals surface area contributed by atoms with Gasteiger partial charge in [-0.25, -0.2) is 0 Å². The highest BCUT2D eigenvalue weighted by molar-refractivity contribution is 6.16. The van der Waals surface area contributed by atoms with Crippen LogP contribution in [0, 0.1) is 0 Å². The van der Waals surface area contributed by atoms with Crippen molar-refractivity contribution in [3.05, 3.63) is 447 Å². The lowest BCUT2D eigenvalue weighted by atomic mass is 9.67. The molecule has 5 heteroatoms. The Labute approximate surface area is 660 Å². The zero-order chi connectivity index (χ0) is 75.2. The van der Waals surface area contributed by atoms with E-state index in [9.17, 15) is 0 Å². The predicted octanol–water partition coefficient (Wildman–Crippen LogP) is 30.4. The maximum atomic E-state index is 7.06. The predicted molar refractivity (Wildman–Crippen MR) is 473 cm³/mol. The van der Waals surface area contributed by atoms with Gasteiger partial charge in [0.25, 0.3) is 0 Å². The van der Waals surface area contributed by atoms with E-state index in [4.69, 9.17) is 13.3 Å². The van der Waals surface area contributed by atoms with Gasteiger partial charge in [-0.1, -0.05) is 309 Å². The monoisotopic (exact) mass is 1450 g/mol. The summed E-state index contributed by atoms with van der Waals surface area (Å²) in [6.07, 6.45) is 0. The fourth-order valence-electron chi connectivity index (χ4n) is 18.1. The fourth-order valence-corrected chi connectivity index (χ4v) is 18.1. The van der Waals surface area contributed by atoms with Crippen LogP contribution in [0.25, 0.3) is 155 Å². The van der Waals surface area contributed by atoms with Gasteiger partial charge in [-0.2, -0.15) is 0 Å². The van der Waals surface area contributed by atoms with Crippen molar-refractivity contribution in [1.29, 1.82) is 0 Å². The molecule has 534 valence electrons. The van der Waals surface area contributed by atoms with Gasteiger partial charge >= 0.3 is 0 Å². The van der Waals surface area contributed by atoms with Crippen LogP contribution in [0.1, 0.15) is 22.3 Å². The number of hydrogen-bond acceptors (Lipinski definition) is 5. The molecule has 0 saturated carbocycles. The molecule has 0 aliphatic heterocycles. The maximum Gasteiger partial charge on any atom is 0.143 e. The summed E-state index contributed by atoms with van der Waals surface area (Å²) in [6, 6.07) is 154. The van der Waals surface area contributed by atoms with Crippen molar-refractivity contribution >= 4 is 99.9 Å². The minimum atomic E-state index is -0.537. The van der Waals surface area contributed by atoms with Crippen LogP contribution in [-0.4, -0.2) is 0 Å². The zero-order valence-corrected chi connectivity index (χ0v) is 62.0. The summed E-state index contributed by atoms with van der Waals surface area (Å²) in [4.78, 5) is 4.73. The molecule has 0 unspecified atom stereocenters. The number of rotatable bonds is 15. The van der Waals surface area contributed by atoms with Crippen molar-refractivity contribution in [2.45, 2.75) is 5.41 Å². The first kappa shape index (κ1) is 66.0. The highest BCUT2D eigenvalue weighted by atomic mass is 16.3. The second-order valence-electron chi connectivity index (χ2n) is 29.7. The Morgan fingerprint density at radius 2 is 0.509 bits per heavy atom. The molecule has 3 aromatic heterocycles. The quantitative estimate of drug-likeness (QED) is 0.102. The molecule has 18 aromatic carbocycles. The Bertz CT molecular complexity index is 7050. The van der Waals surface area contributed by atoms with Crippen molar-refractivity contribution in [2.24, 2.45) is 0 Å². The van der Waals surface area contributed by atoms with E-state index in [2.05, 4.69) is 410 Å². The molecule has 1 aliphatic carbocycles. The lowest BCUT2D eigenvalue weighted by Gasteiger charge is -2.35. The van der Waals surface area contributed by atoms with E-state index in [0.717, 1.165) is 178 Å². The summed E-state index contributed by atoms with van der Waals surface area (Å²) in [5.41, 5.74) is 33.8. The van der Waals surface area contributed by atoms with E-state index < -0.39 is 5.41 Å². The third-order valence-corrected chi connectivity index (χ3v) is 23.4. The maximum absolute atomic E-state index is 7.06. The summed E-state index contributed by atoms with van der Waals surface area (Å²) < 4.78 is 20.2. The van der Waals surface area contributed by atoms with Crippen LogP contribution >= 0.6 is 0 Å². The molecule has 0 saturated heterocycles. The molecule has 1 aliphatic rings. The summed E-state index contributed by atoms with van der Waals surface area (Å²) in [7, 11) is 0. The SMILES string of the molecule is c1ccc(-c2cc(-c3ccc(N(c4ccc(-c5cccc6c5oc5ccccc56)cc4)c4ccc(-c5cccc6c5oc5ccccc56)cc4)cc3)cc(-c3cccc(-c4cccc5oc6c(-c7ccc(N(c8ccccc8)c8ccc9c(c8)C(c8ccccc8)(c8ccccc8)c8ccccc8-9)cc7)cccc6c45)c3)c2)cc1. The van der Waals surface area contributed by atoms with Gasteiger partial charge in [0.2, 0.25) is 0 Å². The van der Waals surface area contributed by atoms with Crippen LogP contribution < -0.4 is 9.80 Å². The first-order valence-corrected chi connectivity index (χ1v) is 39.0. The van der Waals surface area contributed by atoms with Crippen LogP contribution in [0.5, 0.6) is 0 Å². The third-order valence-electron chi connectivity index (χ3n) is 23.4. The molecule has 0 radical (unpaired) electrons. The molecule has 0 atom stereocenters. The van der Waals surface area contributed by atoms with Crippen molar-refractivity contribution < 1.29 is 13.3 Å². The lowest BCUT2D eigenvalue weighted by molar-refractivity contribution is 0.669. The number of anilines is 6. The van der Waals surface area contributed by atoms with Gasteiger partial charge in [0.05, 0.1) is 5.41 Å². The van der Waals surface area contributed by atoms with E-state index in [1.807, 2.05) is 24.3 Å². The molecule has 0 fully saturated rings. The van der Waals surface area contributed by atoms with Crippen LogP contribution in [0.3, 0.4) is 0 Å². The molecular weight excluding hydrogens is 1390 g/mol. The molecule has 3 heterocycles. The van der Waals surface area contributed by atoms with Gasteiger partial charge in [-0.05, 0) is 210 Å². The summed E-state index contributed by atoms with van der Waals surface area (Å²) >= 11 is 0. The minimum Gasteiger partial charge on any atom is -0.455 e. The van der Waals surface area contributed by atoms with Crippen LogP contribution in [0.2, 0.25) is 0 Å². The van der Waals surface area contributed by atoms with Crippen LogP contribution in [0.15, 0.2) is 438 Å². The highest BCUT2D eigenvalue weighted by Crippen LogP contribution is 2.58. The minimum absolute atomic E-state index is 0.537. The van der Waals surface area contributed by atoms with Crippen LogP contribution in [-0.2, 0) is 5.41 Å². The number of para-hydroxylation sites is 6. The average molecular weight is 1460 g/mol. The van der Waals surface area contributed by atoms with Crippen molar-refractivity contribution in [2.75, 3.05) is 9.80 Å². The van der Waals surface area contributed by atoms with Gasteiger partial charge in [0.1, 0.15) is 33.5 Å². The molecule has 22 rings (SSSR count).